The Morgan fingerprint density at radius 2 is 1.07 bits per heavy atom. The molecule has 0 saturated carbocycles. The Labute approximate surface area is 172 Å². The van der Waals surface area contributed by atoms with Gasteiger partial charge >= 0.3 is 12.3 Å². The van der Waals surface area contributed by atoms with Crippen molar-refractivity contribution in [3.05, 3.63) is 0 Å². The second-order valence-electron chi connectivity index (χ2n) is 9.91. The minimum Gasteiger partial charge on any atom is -0.431 e. The van der Waals surface area contributed by atoms with Crippen molar-refractivity contribution in [1.82, 2.24) is 0 Å². The zero-order chi connectivity index (χ0) is 22.7. The van der Waals surface area contributed by atoms with Gasteiger partial charge in [-0.15, -0.1) is 0 Å². The van der Waals surface area contributed by atoms with Crippen LogP contribution in [-0.2, 0) is 23.7 Å². The fourth-order valence-electron chi connectivity index (χ4n) is 2.71. The fraction of sp³-hybridized carbons (Fsp3) is 0.900. The molecule has 4 atom stereocenters. The third-order valence-electron chi connectivity index (χ3n) is 4.15. The predicted molar refractivity (Wildman–Crippen MR) is 104 cm³/mol. The maximum Gasteiger partial charge on any atom is 0.508 e. The van der Waals surface area contributed by atoms with Gasteiger partial charge in [-0.2, -0.15) is 0 Å². The van der Waals surface area contributed by atoms with Gasteiger partial charge in [-0.1, -0.05) is 0 Å². The molecule has 0 bridgehead atoms. The first-order chi connectivity index (χ1) is 12.9. The quantitative estimate of drug-likeness (QED) is 0.625. The number of hydrogen-bond acceptors (Lipinski definition) is 9. The third kappa shape index (κ3) is 9.18. The van der Waals surface area contributed by atoms with Gasteiger partial charge in [0, 0.05) is 0 Å². The van der Waals surface area contributed by atoms with Crippen LogP contribution in [0.1, 0.15) is 68.2 Å². The minimum absolute atomic E-state index is 0.324. The summed E-state index contributed by atoms with van der Waals surface area (Å²) in [5.74, 6) is 0. The van der Waals surface area contributed by atoms with Crippen LogP contribution in [0.25, 0.3) is 0 Å². The lowest BCUT2D eigenvalue weighted by Crippen LogP contribution is -2.48. The molecular weight excluding hydrogens is 384 g/mol. The molecule has 9 nitrogen and oxygen atoms in total. The van der Waals surface area contributed by atoms with Crippen LogP contribution in [0.3, 0.4) is 0 Å². The molecule has 1 saturated heterocycles. The number of ether oxygens (including phenoxy) is 5. The molecule has 1 heterocycles. The molecule has 29 heavy (non-hydrogen) atoms. The van der Waals surface area contributed by atoms with Gasteiger partial charge in [0.1, 0.15) is 35.6 Å². The van der Waals surface area contributed by atoms with Crippen molar-refractivity contribution in [2.24, 2.45) is 0 Å². The Bertz CT molecular complexity index is 519. The summed E-state index contributed by atoms with van der Waals surface area (Å²) in [4.78, 5) is 23.4. The highest BCUT2D eigenvalue weighted by atomic mass is 16.7. The molecule has 0 amide bonds. The van der Waals surface area contributed by atoms with E-state index < -0.39 is 46.9 Å². The lowest BCUT2D eigenvalue weighted by Gasteiger charge is -2.33. The van der Waals surface area contributed by atoms with E-state index in [9.17, 15) is 19.8 Å². The standard InChI is InChI=1S/C20H36O9/c1-17(2,3)28-15(21)25-11-19(7,23)13-9-10-14(27-13)20(8,24)12-26-16(22)29-18(4,5)6/h13-14,23-24H,9-12H2,1-8H3/t13-,14+,19+,20-. The molecule has 0 spiro atoms. The smallest absolute Gasteiger partial charge is 0.431 e. The second kappa shape index (κ2) is 9.06. The van der Waals surface area contributed by atoms with E-state index >= 15 is 0 Å². The monoisotopic (exact) mass is 420 g/mol. The van der Waals surface area contributed by atoms with Crippen molar-refractivity contribution < 1.29 is 43.5 Å². The molecule has 0 aromatic heterocycles. The van der Waals surface area contributed by atoms with Crippen molar-refractivity contribution in [1.29, 1.82) is 0 Å². The van der Waals surface area contributed by atoms with Crippen molar-refractivity contribution in [2.75, 3.05) is 13.2 Å². The Morgan fingerprint density at radius 1 is 0.759 bits per heavy atom. The summed E-state index contributed by atoms with van der Waals surface area (Å²) >= 11 is 0. The first-order valence-corrected chi connectivity index (χ1v) is 9.73. The van der Waals surface area contributed by atoms with Crippen LogP contribution in [0, 0.1) is 0 Å². The van der Waals surface area contributed by atoms with Crippen LogP contribution >= 0.6 is 0 Å². The normalized spacial score (nSPS) is 24.2. The van der Waals surface area contributed by atoms with Crippen LogP contribution in [-0.4, -0.2) is 70.3 Å². The number of carbonyl (C=O) groups is 2. The second-order valence-corrected chi connectivity index (χ2v) is 9.91. The van der Waals surface area contributed by atoms with Gasteiger partial charge in [0.05, 0.1) is 12.2 Å². The van der Waals surface area contributed by atoms with E-state index in [1.165, 1.54) is 13.8 Å². The average molecular weight is 420 g/mol. The Kier molecular flexibility index (Phi) is 7.95. The van der Waals surface area contributed by atoms with E-state index in [0.29, 0.717) is 12.8 Å². The van der Waals surface area contributed by atoms with E-state index in [-0.39, 0.29) is 13.2 Å². The Morgan fingerprint density at radius 3 is 1.34 bits per heavy atom. The predicted octanol–water partition coefficient (Wildman–Crippen LogP) is 2.94. The molecule has 0 radical (unpaired) electrons. The lowest BCUT2D eigenvalue weighted by molar-refractivity contribution is -0.168. The molecule has 170 valence electrons. The summed E-state index contributed by atoms with van der Waals surface area (Å²) in [7, 11) is 0. The Hall–Kier alpha value is -1.58. The van der Waals surface area contributed by atoms with Gasteiger partial charge in [0.15, 0.2) is 0 Å². The van der Waals surface area contributed by atoms with Crippen LogP contribution in [0.5, 0.6) is 0 Å². The summed E-state index contributed by atoms with van der Waals surface area (Å²) in [5.41, 5.74) is -4.36. The van der Waals surface area contributed by atoms with Gasteiger partial charge in [-0.05, 0) is 68.2 Å². The topological polar surface area (TPSA) is 121 Å². The highest BCUT2D eigenvalue weighted by Gasteiger charge is 2.46. The van der Waals surface area contributed by atoms with Crippen LogP contribution in [0.2, 0.25) is 0 Å². The van der Waals surface area contributed by atoms with Crippen LogP contribution in [0.15, 0.2) is 0 Å². The SMILES string of the molecule is CC(C)(C)OC(=O)OC[C@](C)(O)[C@H]1CC[C@@H]([C@](C)(O)COC(=O)OC(C)(C)C)O1. The summed E-state index contributed by atoms with van der Waals surface area (Å²) in [6.07, 6.45) is -2.27. The first kappa shape index (κ1) is 25.5. The van der Waals surface area contributed by atoms with Crippen LogP contribution < -0.4 is 0 Å². The summed E-state index contributed by atoms with van der Waals surface area (Å²) in [6.45, 7) is 12.6. The van der Waals surface area contributed by atoms with E-state index in [0.717, 1.165) is 0 Å². The van der Waals surface area contributed by atoms with Crippen molar-refractivity contribution >= 4 is 12.3 Å². The molecular formula is C20H36O9. The third-order valence-corrected chi connectivity index (χ3v) is 4.15. The molecule has 0 aromatic carbocycles. The number of aliphatic hydroxyl groups is 2. The fourth-order valence-corrected chi connectivity index (χ4v) is 2.71. The zero-order valence-electron chi connectivity index (χ0n) is 18.7. The Balaban J connectivity index is 2.55. The highest BCUT2D eigenvalue weighted by Crippen LogP contribution is 2.34. The summed E-state index contributed by atoms with van der Waals surface area (Å²) in [6, 6.07) is 0. The minimum atomic E-state index is -1.48. The highest BCUT2D eigenvalue weighted by molar-refractivity contribution is 5.60. The van der Waals surface area contributed by atoms with Gasteiger partial charge < -0.3 is 33.9 Å². The number of carbonyl (C=O) groups excluding carboxylic acids is 2. The molecule has 2 N–H and O–H groups in total. The van der Waals surface area contributed by atoms with Gasteiger partial charge in [0.25, 0.3) is 0 Å². The van der Waals surface area contributed by atoms with Crippen molar-refractivity contribution in [3.8, 4) is 0 Å². The molecule has 1 aliphatic rings. The molecule has 0 aliphatic carbocycles. The molecule has 1 aliphatic heterocycles. The lowest BCUT2D eigenvalue weighted by atomic mass is 9.95. The maximum atomic E-state index is 11.7. The number of hydrogen-bond donors (Lipinski definition) is 2. The summed E-state index contributed by atoms with van der Waals surface area (Å²) in [5, 5.41) is 21.3. The van der Waals surface area contributed by atoms with Crippen molar-refractivity contribution in [3.63, 3.8) is 0 Å². The van der Waals surface area contributed by atoms with E-state index in [1.807, 2.05) is 0 Å². The summed E-state index contributed by atoms with van der Waals surface area (Å²) < 4.78 is 25.9. The largest absolute Gasteiger partial charge is 0.508 e. The van der Waals surface area contributed by atoms with Crippen molar-refractivity contribution in [2.45, 2.75) is 103 Å². The van der Waals surface area contributed by atoms with Gasteiger partial charge in [-0.3, -0.25) is 0 Å². The zero-order valence-corrected chi connectivity index (χ0v) is 18.7. The first-order valence-electron chi connectivity index (χ1n) is 9.73. The molecule has 1 fully saturated rings. The maximum absolute atomic E-state index is 11.7. The molecule has 1 rings (SSSR count). The van der Waals surface area contributed by atoms with E-state index in [4.69, 9.17) is 23.7 Å². The molecule has 9 heteroatoms. The average Bonchev–Trinajstić information content (AvgIpc) is 3.00. The van der Waals surface area contributed by atoms with E-state index in [2.05, 4.69) is 0 Å². The van der Waals surface area contributed by atoms with Crippen LogP contribution in [0.4, 0.5) is 9.59 Å². The van der Waals surface area contributed by atoms with Gasteiger partial charge in [0.2, 0.25) is 0 Å². The molecule has 0 aromatic rings. The number of rotatable bonds is 6. The molecule has 0 unspecified atom stereocenters. The van der Waals surface area contributed by atoms with Gasteiger partial charge in [-0.25, -0.2) is 9.59 Å². The van der Waals surface area contributed by atoms with E-state index in [1.54, 1.807) is 41.5 Å².